The summed E-state index contributed by atoms with van der Waals surface area (Å²) >= 11 is 0. The molecule has 0 bridgehead atoms. The average Bonchev–Trinajstić information content (AvgIpc) is 3.01. The molecule has 0 saturated heterocycles. The van der Waals surface area contributed by atoms with Crippen molar-refractivity contribution in [1.29, 1.82) is 0 Å². The van der Waals surface area contributed by atoms with Gasteiger partial charge in [-0.2, -0.15) is 0 Å². The predicted octanol–water partition coefficient (Wildman–Crippen LogP) is 10.2. The molecule has 2 aliphatic carbocycles. The molecule has 0 saturated carbocycles. The minimum atomic E-state index is 0.220. The van der Waals surface area contributed by atoms with Crippen LogP contribution in [0.3, 0.4) is 0 Å². The van der Waals surface area contributed by atoms with E-state index in [1.807, 2.05) is 0 Å². The van der Waals surface area contributed by atoms with Crippen LogP contribution in [0.2, 0.25) is 0 Å². The molecule has 8 rings (SSSR count). The molecular weight excluding hydrogens is 470 g/mol. The van der Waals surface area contributed by atoms with Crippen LogP contribution in [0.15, 0.2) is 140 Å². The molecule has 0 radical (unpaired) electrons. The van der Waals surface area contributed by atoms with Gasteiger partial charge in [-0.3, -0.25) is 0 Å². The van der Waals surface area contributed by atoms with Gasteiger partial charge in [0.15, 0.2) is 0 Å². The van der Waals surface area contributed by atoms with Crippen LogP contribution in [-0.4, -0.2) is 0 Å². The quantitative estimate of drug-likeness (QED) is 0.234. The molecule has 0 aromatic heterocycles. The Kier molecular flexibility index (Phi) is 5.03. The summed E-state index contributed by atoms with van der Waals surface area (Å²) in [6, 6.07) is 46.2. The van der Waals surface area contributed by atoms with Crippen molar-refractivity contribution in [2.24, 2.45) is 0 Å². The normalized spacial score (nSPS) is 15.4. The Morgan fingerprint density at radius 1 is 0.590 bits per heavy atom. The SMILES string of the molecule is C1=CC(c2ccc(N(c3ccccc3)c3ccccc3)c3ccccc23)C2=CCc3cccc4ccc1c2c34. The van der Waals surface area contributed by atoms with Gasteiger partial charge in [-0.15, -0.1) is 0 Å². The molecule has 6 aromatic rings. The Labute approximate surface area is 229 Å². The number of benzene rings is 6. The highest BCUT2D eigenvalue weighted by Crippen LogP contribution is 2.49. The van der Waals surface area contributed by atoms with Crippen molar-refractivity contribution < 1.29 is 0 Å². The summed E-state index contributed by atoms with van der Waals surface area (Å²) in [4.78, 5) is 2.37. The molecular formula is C38H27N. The number of anilines is 3. The van der Waals surface area contributed by atoms with E-state index < -0.39 is 0 Å². The number of allylic oxidation sites excluding steroid dienone is 3. The number of rotatable bonds is 4. The molecule has 39 heavy (non-hydrogen) atoms. The van der Waals surface area contributed by atoms with Crippen LogP contribution in [0.25, 0.3) is 33.2 Å². The Morgan fingerprint density at radius 2 is 1.31 bits per heavy atom. The molecule has 1 unspecified atom stereocenters. The number of hydrogen-bond donors (Lipinski definition) is 0. The van der Waals surface area contributed by atoms with Crippen molar-refractivity contribution in [3.63, 3.8) is 0 Å². The van der Waals surface area contributed by atoms with Gasteiger partial charge >= 0.3 is 0 Å². The first-order chi connectivity index (χ1) is 19.4. The Bertz CT molecular complexity index is 1890. The molecule has 1 heteroatoms. The van der Waals surface area contributed by atoms with Gasteiger partial charge in [-0.05, 0) is 80.7 Å². The van der Waals surface area contributed by atoms with E-state index in [0.717, 1.165) is 17.8 Å². The summed E-state index contributed by atoms with van der Waals surface area (Å²) in [5.41, 5.74) is 10.5. The van der Waals surface area contributed by atoms with Gasteiger partial charge in [-0.1, -0.05) is 115 Å². The number of hydrogen-bond acceptors (Lipinski definition) is 1. The minimum Gasteiger partial charge on any atom is -0.310 e. The van der Waals surface area contributed by atoms with E-state index in [-0.39, 0.29) is 5.92 Å². The highest BCUT2D eigenvalue weighted by Gasteiger charge is 2.28. The van der Waals surface area contributed by atoms with Gasteiger partial charge in [-0.25, -0.2) is 0 Å². The lowest BCUT2D eigenvalue weighted by Gasteiger charge is -2.31. The van der Waals surface area contributed by atoms with E-state index in [1.54, 1.807) is 0 Å². The summed E-state index contributed by atoms with van der Waals surface area (Å²) in [6.45, 7) is 0. The Morgan fingerprint density at radius 3 is 2.08 bits per heavy atom. The van der Waals surface area contributed by atoms with Crippen LogP contribution in [0, 0.1) is 0 Å². The van der Waals surface area contributed by atoms with Crippen molar-refractivity contribution in [1.82, 2.24) is 0 Å². The first-order valence-corrected chi connectivity index (χ1v) is 13.7. The number of para-hydroxylation sites is 2. The summed E-state index contributed by atoms with van der Waals surface area (Å²) in [5.74, 6) is 0.220. The Hall–Kier alpha value is -4.88. The third-order valence-electron chi connectivity index (χ3n) is 8.34. The van der Waals surface area contributed by atoms with Crippen molar-refractivity contribution >= 4 is 50.3 Å². The number of fused-ring (bicyclic) bond motifs is 1. The summed E-state index contributed by atoms with van der Waals surface area (Å²) in [7, 11) is 0. The molecule has 0 aliphatic heterocycles. The highest BCUT2D eigenvalue weighted by molar-refractivity contribution is 6.07. The van der Waals surface area contributed by atoms with Crippen LogP contribution in [-0.2, 0) is 6.42 Å². The second-order valence-electron chi connectivity index (χ2n) is 10.5. The Balaban J connectivity index is 1.33. The molecule has 0 amide bonds. The number of nitrogens with zero attached hydrogens (tertiary/aromatic N) is 1. The smallest absolute Gasteiger partial charge is 0.0540 e. The second-order valence-corrected chi connectivity index (χ2v) is 10.5. The van der Waals surface area contributed by atoms with E-state index in [2.05, 4.69) is 151 Å². The summed E-state index contributed by atoms with van der Waals surface area (Å²) < 4.78 is 0. The van der Waals surface area contributed by atoms with Gasteiger partial charge in [0.2, 0.25) is 0 Å². The first-order valence-electron chi connectivity index (χ1n) is 13.7. The first kappa shape index (κ1) is 22.1. The summed E-state index contributed by atoms with van der Waals surface area (Å²) in [5, 5.41) is 5.34. The van der Waals surface area contributed by atoms with E-state index in [0.29, 0.717) is 0 Å². The molecule has 0 heterocycles. The van der Waals surface area contributed by atoms with Gasteiger partial charge in [0, 0.05) is 22.7 Å². The van der Waals surface area contributed by atoms with Crippen LogP contribution in [0.4, 0.5) is 17.1 Å². The monoisotopic (exact) mass is 497 g/mol. The van der Waals surface area contributed by atoms with Crippen molar-refractivity contribution in [3.8, 4) is 0 Å². The third-order valence-corrected chi connectivity index (χ3v) is 8.34. The fraction of sp³-hybridized carbons (Fsp3) is 0.0526. The fourth-order valence-electron chi connectivity index (χ4n) is 6.62. The minimum absolute atomic E-state index is 0.220. The standard InChI is InChI=1S/C38H27N/c1-3-12-29(13-4-1)39(30-14-5-2-6-15-30)36-25-24-32(31-16-7-8-17-34(31)36)33-22-20-28-19-18-26-10-9-11-27-21-23-35(33)38(28)37(26)27/h1-20,22-25,33H,21H2. The van der Waals surface area contributed by atoms with Crippen LogP contribution in [0.1, 0.15) is 28.2 Å². The maximum Gasteiger partial charge on any atom is 0.0540 e. The highest BCUT2D eigenvalue weighted by atomic mass is 15.1. The van der Waals surface area contributed by atoms with Crippen molar-refractivity contribution in [3.05, 3.63) is 162 Å². The lowest BCUT2D eigenvalue weighted by atomic mass is 9.74. The largest absolute Gasteiger partial charge is 0.310 e. The van der Waals surface area contributed by atoms with Crippen LogP contribution < -0.4 is 4.90 Å². The predicted molar refractivity (Wildman–Crippen MR) is 166 cm³/mol. The molecule has 6 aromatic carbocycles. The topological polar surface area (TPSA) is 3.24 Å². The molecule has 1 nitrogen and oxygen atoms in total. The van der Waals surface area contributed by atoms with Gasteiger partial charge < -0.3 is 4.90 Å². The van der Waals surface area contributed by atoms with E-state index in [4.69, 9.17) is 0 Å². The lowest BCUT2D eigenvalue weighted by molar-refractivity contribution is 1.09. The maximum atomic E-state index is 2.47. The molecule has 0 fully saturated rings. The van der Waals surface area contributed by atoms with E-state index >= 15 is 0 Å². The van der Waals surface area contributed by atoms with Gasteiger partial charge in [0.1, 0.15) is 0 Å². The molecule has 2 aliphatic rings. The van der Waals surface area contributed by atoms with E-state index in [9.17, 15) is 0 Å². The molecule has 184 valence electrons. The average molecular weight is 498 g/mol. The fourth-order valence-corrected chi connectivity index (χ4v) is 6.62. The van der Waals surface area contributed by atoms with Gasteiger partial charge in [0.25, 0.3) is 0 Å². The zero-order valence-corrected chi connectivity index (χ0v) is 21.6. The molecule has 1 atom stereocenters. The second kappa shape index (κ2) is 8.85. The lowest BCUT2D eigenvalue weighted by Crippen LogP contribution is -2.12. The molecule has 0 spiro atoms. The van der Waals surface area contributed by atoms with Gasteiger partial charge in [0.05, 0.1) is 5.69 Å². The zero-order chi connectivity index (χ0) is 25.8. The molecule has 0 N–H and O–H groups in total. The van der Waals surface area contributed by atoms with Crippen LogP contribution >= 0.6 is 0 Å². The van der Waals surface area contributed by atoms with Crippen molar-refractivity contribution in [2.45, 2.75) is 12.3 Å². The zero-order valence-electron chi connectivity index (χ0n) is 21.6. The summed E-state index contributed by atoms with van der Waals surface area (Å²) in [6.07, 6.45) is 8.19. The van der Waals surface area contributed by atoms with Crippen LogP contribution in [0.5, 0.6) is 0 Å². The van der Waals surface area contributed by atoms with E-state index in [1.165, 1.54) is 55.1 Å². The third kappa shape index (κ3) is 3.47. The maximum absolute atomic E-state index is 2.47. The van der Waals surface area contributed by atoms with Crippen molar-refractivity contribution in [2.75, 3.05) is 4.90 Å².